The number of halogens is 1. The van der Waals surface area contributed by atoms with Gasteiger partial charge in [0, 0.05) is 17.8 Å². The quantitative estimate of drug-likeness (QED) is 0.421. The summed E-state index contributed by atoms with van der Waals surface area (Å²) >= 11 is 7.76. The zero-order valence-corrected chi connectivity index (χ0v) is 17.9. The molecule has 2 aromatic carbocycles. The van der Waals surface area contributed by atoms with E-state index in [1.54, 1.807) is 25.4 Å². The number of carbonyl (C=O) groups excluding carboxylic acids is 1. The summed E-state index contributed by atoms with van der Waals surface area (Å²) < 4.78 is 12.0. The maximum Gasteiger partial charge on any atom is 0.230 e. The number of thiazole rings is 1. The van der Waals surface area contributed by atoms with E-state index >= 15 is 0 Å². The predicted octanol–water partition coefficient (Wildman–Crippen LogP) is 5.64. The van der Waals surface area contributed by atoms with Gasteiger partial charge in [-0.3, -0.25) is 4.79 Å². The van der Waals surface area contributed by atoms with Gasteiger partial charge in [0.2, 0.25) is 11.8 Å². The second-order valence-electron chi connectivity index (χ2n) is 6.57. The first-order valence-corrected chi connectivity index (χ1v) is 10.3. The summed E-state index contributed by atoms with van der Waals surface area (Å²) in [5.41, 5.74) is 2.46. The van der Waals surface area contributed by atoms with Gasteiger partial charge in [-0.15, -0.1) is 0 Å². The number of fused-ring (bicyclic) bond motifs is 1. The van der Waals surface area contributed by atoms with Crippen LogP contribution in [0.5, 0.6) is 17.4 Å². The number of carbonyl (C=O) groups is 1. The minimum atomic E-state index is -0.175. The average molecular weight is 440 g/mol. The van der Waals surface area contributed by atoms with E-state index in [2.05, 4.69) is 15.3 Å². The Labute approximate surface area is 182 Å². The van der Waals surface area contributed by atoms with Crippen LogP contribution in [0.2, 0.25) is 5.02 Å². The maximum absolute atomic E-state index is 12.5. The lowest BCUT2D eigenvalue weighted by Crippen LogP contribution is -2.14. The fourth-order valence-corrected chi connectivity index (χ4v) is 3.96. The third-order valence-corrected chi connectivity index (χ3v) is 5.62. The maximum atomic E-state index is 12.5. The summed E-state index contributed by atoms with van der Waals surface area (Å²) in [5.74, 6) is 1.54. The highest BCUT2D eigenvalue weighted by Gasteiger charge is 2.12. The zero-order valence-electron chi connectivity index (χ0n) is 16.3. The third-order valence-electron chi connectivity index (χ3n) is 4.37. The van der Waals surface area contributed by atoms with Crippen molar-refractivity contribution < 1.29 is 14.3 Å². The molecule has 4 rings (SSSR count). The second-order valence-corrected chi connectivity index (χ2v) is 8.01. The average Bonchev–Trinajstić information content (AvgIpc) is 3.12. The Morgan fingerprint density at radius 2 is 2.07 bits per heavy atom. The molecule has 0 aliphatic rings. The van der Waals surface area contributed by atoms with Crippen LogP contribution in [-0.2, 0) is 11.2 Å². The Balaban J connectivity index is 1.43. The minimum Gasteiger partial charge on any atom is -0.497 e. The van der Waals surface area contributed by atoms with Crippen molar-refractivity contribution >= 4 is 44.2 Å². The molecule has 4 aromatic rings. The number of nitrogens with one attached hydrogen (secondary N) is 1. The van der Waals surface area contributed by atoms with Gasteiger partial charge in [0.05, 0.1) is 28.8 Å². The van der Waals surface area contributed by atoms with Crippen LogP contribution in [0.15, 0.2) is 54.7 Å². The van der Waals surface area contributed by atoms with E-state index in [0.717, 1.165) is 27.1 Å². The Morgan fingerprint density at radius 1 is 1.20 bits per heavy atom. The largest absolute Gasteiger partial charge is 0.497 e. The van der Waals surface area contributed by atoms with E-state index < -0.39 is 0 Å². The minimum absolute atomic E-state index is 0.169. The van der Waals surface area contributed by atoms with Gasteiger partial charge < -0.3 is 14.8 Å². The molecule has 0 bridgehead atoms. The van der Waals surface area contributed by atoms with E-state index in [4.69, 9.17) is 21.1 Å². The van der Waals surface area contributed by atoms with E-state index in [1.165, 1.54) is 11.3 Å². The van der Waals surface area contributed by atoms with Crippen molar-refractivity contribution in [3.8, 4) is 17.4 Å². The number of aromatic nitrogens is 2. The second kappa shape index (κ2) is 8.69. The summed E-state index contributed by atoms with van der Waals surface area (Å²) in [5, 5.41) is 3.80. The van der Waals surface area contributed by atoms with Crippen molar-refractivity contribution in [3.05, 3.63) is 70.9 Å². The Hall–Kier alpha value is -3.16. The molecule has 0 aliphatic carbocycles. The number of pyridine rings is 1. The van der Waals surface area contributed by atoms with Crippen molar-refractivity contribution in [1.82, 2.24) is 9.97 Å². The van der Waals surface area contributed by atoms with E-state index in [-0.39, 0.29) is 12.3 Å². The van der Waals surface area contributed by atoms with Crippen LogP contribution in [0.25, 0.3) is 10.2 Å². The summed E-state index contributed by atoms with van der Waals surface area (Å²) in [6.45, 7) is 1.91. The van der Waals surface area contributed by atoms with Crippen molar-refractivity contribution in [2.24, 2.45) is 0 Å². The molecule has 2 aromatic heterocycles. The van der Waals surface area contributed by atoms with Gasteiger partial charge in [0.1, 0.15) is 11.5 Å². The number of methoxy groups -OCH3 is 1. The van der Waals surface area contributed by atoms with Crippen LogP contribution in [0.4, 0.5) is 5.13 Å². The van der Waals surface area contributed by atoms with Gasteiger partial charge in [-0.1, -0.05) is 35.1 Å². The molecular weight excluding hydrogens is 422 g/mol. The van der Waals surface area contributed by atoms with Gasteiger partial charge in [-0.25, -0.2) is 9.97 Å². The van der Waals surface area contributed by atoms with Crippen molar-refractivity contribution in [3.63, 3.8) is 0 Å². The summed E-state index contributed by atoms with van der Waals surface area (Å²) in [6, 6.07) is 14.6. The Kier molecular flexibility index (Phi) is 5.83. The van der Waals surface area contributed by atoms with Crippen molar-refractivity contribution in [1.29, 1.82) is 0 Å². The molecule has 152 valence electrons. The van der Waals surface area contributed by atoms with Crippen LogP contribution in [0, 0.1) is 6.92 Å². The lowest BCUT2D eigenvalue weighted by atomic mass is 10.1. The molecule has 2 heterocycles. The monoisotopic (exact) mass is 439 g/mol. The summed E-state index contributed by atoms with van der Waals surface area (Å²) in [6.07, 6.45) is 1.83. The van der Waals surface area contributed by atoms with Crippen LogP contribution >= 0.6 is 22.9 Å². The molecule has 0 atom stereocenters. The zero-order chi connectivity index (χ0) is 21.1. The molecular formula is C22H18ClN3O3S. The predicted molar refractivity (Wildman–Crippen MR) is 119 cm³/mol. The normalized spacial score (nSPS) is 10.8. The smallest absolute Gasteiger partial charge is 0.230 e. The van der Waals surface area contributed by atoms with Crippen molar-refractivity contribution in [2.45, 2.75) is 13.3 Å². The molecule has 0 saturated heterocycles. The molecule has 0 unspecified atom stereocenters. The number of aryl methyl sites for hydroxylation is 1. The SMILES string of the molecule is COc1ccc2sc(NC(=O)Cc3ccc(Oc4ncccc4C)c(Cl)c3)nc2c1. The Morgan fingerprint density at radius 3 is 2.83 bits per heavy atom. The molecule has 1 N–H and O–H groups in total. The van der Waals surface area contributed by atoms with Gasteiger partial charge in [0.25, 0.3) is 0 Å². The molecule has 0 saturated carbocycles. The fourth-order valence-electron chi connectivity index (χ4n) is 2.86. The molecule has 0 spiro atoms. The summed E-state index contributed by atoms with van der Waals surface area (Å²) in [4.78, 5) is 21.1. The molecule has 0 aliphatic heterocycles. The molecule has 1 amide bonds. The van der Waals surface area contributed by atoms with E-state index in [1.807, 2.05) is 43.3 Å². The summed E-state index contributed by atoms with van der Waals surface area (Å²) in [7, 11) is 1.61. The number of rotatable bonds is 6. The number of hydrogen-bond donors (Lipinski definition) is 1. The molecule has 6 nitrogen and oxygen atoms in total. The highest BCUT2D eigenvalue weighted by atomic mass is 35.5. The fraction of sp³-hybridized carbons (Fsp3) is 0.136. The van der Waals surface area contributed by atoms with Gasteiger partial charge in [-0.2, -0.15) is 0 Å². The topological polar surface area (TPSA) is 73.3 Å². The number of nitrogens with zero attached hydrogens (tertiary/aromatic N) is 2. The molecule has 30 heavy (non-hydrogen) atoms. The van der Waals surface area contributed by atoms with E-state index in [9.17, 15) is 4.79 Å². The molecule has 0 radical (unpaired) electrons. The van der Waals surface area contributed by atoms with Crippen LogP contribution in [0.3, 0.4) is 0 Å². The first kappa shape index (κ1) is 20.1. The Bertz CT molecular complexity index is 1230. The number of ether oxygens (including phenoxy) is 2. The standard InChI is InChI=1S/C22H18ClN3O3S/c1-13-4-3-9-24-21(13)29-18-7-5-14(10-16(18)23)11-20(27)26-22-25-17-12-15(28-2)6-8-19(17)30-22/h3-10,12H,11H2,1-2H3,(H,25,26,27). The number of amides is 1. The third kappa shape index (κ3) is 4.53. The molecule has 0 fully saturated rings. The van der Waals surface area contributed by atoms with Gasteiger partial charge in [-0.05, 0) is 42.8 Å². The number of benzene rings is 2. The number of hydrogen-bond acceptors (Lipinski definition) is 6. The van der Waals surface area contributed by atoms with Crippen molar-refractivity contribution in [2.75, 3.05) is 12.4 Å². The first-order chi connectivity index (χ1) is 14.5. The highest BCUT2D eigenvalue weighted by Crippen LogP contribution is 2.31. The number of anilines is 1. The van der Waals surface area contributed by atoms with Crippen LogP contribution in [0.1, 0.15) is 11.1 Å². The highest BCUT2D eigenvalue weighted by molar-refractivity contribution is 7.22. The first-order valence-electron chi connectivity index (χ1n) is 9.14. The van der Waals surface area contributed by atoms with Crippen LogP contribution in [-0.4, -0.2) is 23.0 Å². The lowest BCUT2D eigenvalue weighted by molar-refractivity contribution is -0.115. The van der Waals surface area contributed by atoms with Gasteiger partial charge in [0.15, 0.2) is 5.13 Å². The van der Waals surface area contributed by atoms with Crippen LogP contribution < -0.4 is 14.8 Å². The van der Waals surface area contributed by atoms with Gasteiger partial charge >= 0.3 is 0 Å². The molecule has 8 heteroatoms. The lowest BCUT2D eigenvalue weighted by Gasteiger charge is -2.10. The van der Waals surface area contributed by atoms with E-state index in [0.29, 0.717) is 21.8 Å².